The van der Waals surface area contributed by atoms with Crippen molar-refractivity contribution in [2.45, 2.75) is 51.0 Å². The topological polar surface area (TPSA) is 76.1 Å². The van der Waals surface area contributed by atoms with Crippen molar-refractivity contribution in [1.29, 1.82) is 0 Å². The van der Waals surface area contributed by atoms with Gasteiger partial charge in [0.25, 0.3) is 0 Å². The van der Waals surface area contributed by atoms with E-state index in [4.69, 9.17) is 9.47 Å². The fourth-order valence-corrected chi connectivity index (χ4v) is 3.11. The highest BCUT2D eigenvalue weighted by Gasteiger charge is 2.44. The number of allylic oxidation sites excluding steroid dienone is 1. The zero-order valence-electron chi connectivity index (χ0n) is 17.1. The zero-order valence-corrected chi connectivity index (χ0v) is 17.1. The second kappa shape index (κ2) is 10.3. The number of benzene rings is 1. The minimum Gasteiger partial charge on any atom is -0.458 e. The highest BCUT2D eigenvalue weighted by Crippen LogP contribution is 2.32. The van der Waals surface area contributed by atoms with E-state index in [9.17, 15) is 14.7 Å². The Morgan fingerprint density at radius 1 is 1.25 bits per heavy atom. The first-order valence-electron chi connectivity index (χ1n) is 9.88. The quantitative estimate of drug-likeness (QED) is 0.375. The van der Waals surface area contributed by atoms with Gasteiger partial charge in [-0.05, 0) is 37.1 Å². The van der Waals surface area contributed by atoms with Crippen molar-refractivity contribution in [3.8, 4) is 0 Å². The van der Waals surface area contributed by atoms with Crippen LogP contribution in [0.1, 0.15) is 55.8 Å². The summed E-state index contributed by atoms with van der Waals surface area (Å²) in [6.45, 7) is 1.59. The molecule has 1 aliphatic heterocycles. The maximum atomic E-state index is 12.3. The molecule has 1 aromatic rings. The van der Waals surface area contributed by atoms with Gasteiger partial charge in [-0.2, -0.15) is 0 Å². The molecule has 1 atom stereocenters. The van der Waals surface area contributed by atoms with Crippen LogP contribution in [0.2, 0.25) is 0 Å². The predicted molar refractivity (Wildman–Crippen MR) is 108 cm³/mol. The van der Waals surface area contributed by atoms with Gasteiger partial charge >= 0.3 is 11.9 Å². The number of aliphatic hydroxyl groups excluding tert-OH is 1. The molecular weight excluding hydrogens is 358 g/mol. The van der Waals surface area contributed by atoms with Crippen molar-refractivity contribution >= 4 is 17.6 Å². The van der Waals surface area contributed by atoms with Crippen molar-refractivity contribution in [2.24, 2.45) is 0 Å². The molecule has 1 N–H and O–H groups in total. The molecule has 154 valence electrons. The monoisotopic (exact) mass is 389 g/mol. The molecule has 1 aromatic carbocycles. The highest BCUT2D eigenvalue weighted by atomic mass is 16.6. The summed E-state index contributed by atoms with van der Waals surface area (Å²) < 4.78 is 10.7. The Bertz CT molecular complexity index is 695. The van der Waals surface area contributed by atoms with Crippen LogP contribution < -0.4 is 4.90 Å². The Morgan fingerprint density at radius 3 is 2.57 bits per heavy atom. The summed E-state index contributed by atoms with van der Waals surface area (Å²) >= 11 is 0. The smallest absolute Gasteiger partial charge is 0.338 e. The van der Waals surface area contributed by atoms with Gasteiger partial charge in [-0.25, -0.2) is 9.59 Å². The summed E-state index contributed by atoms with van der Waals surface area (Å²) in [5, 5.41) is 9.77. The van der Waals surface area contributed by atoms with E-state index in [1.807, 2.05) is 37.2 Å². The first kappa shape index (κ1) is 22.0. The van der Waals surface area contributed by atoms with Crippen LogP contribution in [0, 0.1) is 0 Å². The second-order valence-corrected chi connectivity index (χ2v) is 7.50. The lowest BCUT2D eigenvalue weighted by Gasteiger charge is -2.24. The summed E-state index contributed by atoms with van der Waals surface area (Å²) in [5.41, 5.74) is 0.749. The number of aliphatic hydroxyl groups is 1. The molecular formula is C22H31NO5. The maximum Gasteiger partial charge on any atom is 0.338 e. The Balaban J connectivity index is 1.92. The lowest BCUT2D eigenvalue weighted by molar-refractivity contribution is -0.154. The normalized spacial score (nSPS) is 20.3. The molecule has 0 radical (unpaired) electrons. The van der Waals surface area contributed by atoms with E-state index >= 15 is 0 Å². The van der Waals surface area contributed by atoms with Crippen molar-refractivity contribution in [3.05, 3.63) is 41.5 Å². The first-order valence-corrected chi connectivity index (χ1v) is 9.88. The number of anilines is 1. The molecule has 6 heteroatoms. The van der Waals surface area contributed by atoms with Crippen molar-refractivity contribution in [1.82, 2.24) is 0 Å². The second-order valence-electron chi connectivity index (χ2n) is 7.50. The van der Waals surface area contributed by atoms with E-state index in [2.05, 4.69) is 6.92 Å². The Morgan fingerprint density at radius 2 is 1.96 bits per heavy atom. The third kappa shape index (κ3) is 5.83. The summed E-state index contributed by atoms with van der Waals surface area (Å²) in [7, 11) is 3.84. The van der Waals surface area contributed by atoms with Gasteiger partial charge in [-0.1, -0.05) is 32.3 Å². The number of esters is 2. The van der Waals surface area contributed by atoms with Crippen LogP contribution >= 0.6 is 0 Å². The van der Waals surface area contributed by atoms with E-state index in [1.54, 1.807) is 12.1 Å². The van der Waals surface area contributed by atoms with Crippen LogP contribution in [0.3, 0.4) is 0 Å². The number of carbonyl (C=O) groups is 2. The summed E-state index contributed by atoms with van der Waals surface area (Å²) in [5.74, 6) is -0.942. The average molecular weight is 389 g/mol. The minimum absolute atomic E-state index is 0.170. The minimum atomic E-state index is -1.19. The van der Waals surface area contributed by atoms with Gasteiger partial charge < -0.3 is 19.5 Å². The number of nitrogens with zero attached hydrogens (tertiary/aromatic N) is 1. The number of cyclic esters (lactones) is 1. The molecule has 1 aliphatic rings. The molecule has 1 heterocycles. The SMILES string of the molecule is CCCCCC/C=C1/CC(CO)(COC(=O)c2ccc(N(C)C)cc2)OC1=O. The van der Waals surface area contributed by atoms with Crippen LogP contribution in [0.5, 0.6) is 0 Å². The molecule has 0 aromatic heterocycles. The van der Waals surface area contributed by atoms with Gasteiger partial charge in [0.05, 0.1) is 12.2 Å². The first-order chi connectivity index (χ1) is 13.4. The van der Waals surface area contributed by atoms with Crippen molar-refractivity contribution in [3.63, 3.8) is 0 Å². The Labute approximate surface area is 167 Å². The average Bonchev–Trinajstić information content (AvgIpc) is 3.02. The summed E-state index contributed by atoms with van der Waals surface area (Å²) in [6.07, 6.45) is 7.44. The number of ether oxygens (including phenoxy) is 2. The highest BCUT2D eigenvalue weighted by molar-refractivity contribution is 5.92. The largest absolute Gasteiger partial charge is 0.458 e. The summed E-state index contributed by atoms with van der Waals surface area (Å²) in [6, 6.07) is 7.03. The Hall–Kier alpha value is -2.34. The molecule has 0 amide bonds. The third-order valence-corrected chi connectivity index (χ3v) is 4.91. The van der Waals surface area contributed by atoms with E-state index in [0.29, 0.717) is 11.1 Å². The molecule has 28 heavy (non-hydrogen) atoms. The number of hydrogen-bond donors (Lipinski definition) is 1. The molecule has 6 nitrogen and oxygen atoms in total. The van der Waals surface area contributed by atoms with Crippen LogP contribution in [-0.2, 0) is 14.3 Å². The molecule has 1 fully saturated rings. The lowest BCUT2D eigenvalue weighted by Crippen LogP contribution is -2.39. The van der Waals surface area contributed by atoms with E-state index in [1.165, 1.54) is 6.42 Å². The fraction of sp³-hybridized carbons (Fsp3) is 0.545. The third-order valence-electron chi connectivity index (χ3n) is 4.91. The number of carbonyl (C=O) groups excluding carboxylic acids is 2. The van der Waals surface area contributed by atoms with Crippen LogP contribution in [0.15, 0.2) is 35.9 Å². The van der Waals surface area contributed by atoms with Crippen LogP contribution in [-0.4, -0.2) is 50.0 Å². The molecule has 0 aliphatic carbocycles. The molecule has 1 unspecified atom stereocenters. The number of unbranched alkanes of at least 4 members (excludes halogenated alkanes) is 4. The van der Waals surface area contributed by atoms with Crippen LogP contribution in [0.25, 0.3) is 0 Å². The predicted octanol–water partition coefficient (Wildman–Crippen LogP) is 3.48. The van der Waals surface area contributed by atoms with Gasteiger partial charge in [0.15, 0.2) is 5.60 Å². The van der Waals surface area contributed by atoms with E-state index in [0.717, 1.165) is 31.4 Å². The van der Waals surface area contributed by atoms with Crippen LogP contribution in [0.4, 0.5) is 5.69 Å². The van der Waals surface area contributed by atoms with Crippen molar-refractivity contribution in [2.75, 3.05) is 32.2 Å². The zero-order chi connectivity index (χ0) is 20.6. The molecule has 2 rings (SSSR count). The van der Waals surface area contributed by atoms with E-state index < -0.39 is 24.1 Å². The molecule has 0 bridgehead atoms. The van der Waals surface area contributed by atoms with Gasteiger partial charge in [0, 0.05) is 31.8 Å². The van der Waals surface area contributed by atoms with Gasteiger partial charge in [-0.3, -0.25) is 0 Å². The standard InChI is InChI=1S/C22H31NO5/c1-4-5-6-7-8-9-18-14-22(15-24,28-21(18)26)16-27-20(25)17-10-12-19(13-11-17)23(2)3/h9-13,24H,4-8,14-16H2,1-3H3/b18-9-. The molecule has 1 saturated heterocycles. The maximum absolute atomic E-state index is 12.3. The number of hydrogen-bond acceptors (Lipinski definition) is 6. The van der Waals surface area contributed by atoms with Gasteiger partial charge in [-0.15, -0.1) is 0 Å². The fourth-order valence-electron chi connectivity index (χ4n) is 3.11. The Kier molecular flexibility index (Phi) is 8.05. The lowest BCUT2D eigenvalue weighted by atomic mass is 9.98. The molecule has 0 saturated carbocycles. The number of rotatable bonds is 10. The van der Waals surface area contributed by atoms with Gasteiger partial charge in [0.1, 0.15) is 6.61 Å². The summed E-state index contributed by atoms with van der Waals surface area (Å²) in [4.78, 5) is 26.4. The van der Waals surface area contributed by atoms with Crippen molar-refractivity contribution < 1.29 is 24.2 Å². The van der Waals surface area contributed by atoms with E-state index in [-0.39, 0.29) is 13.0 Å². The van der Waals surface area contributed by atoms with Gasteiger partial charge in [0.2, 0.25) is 0 Å². The molecule has 0 spiro atoms.